The SMILES string of the molecule is CC(C)C(NC(=O)OCc1ccccc1)C(=O)CC1Cc2cnsc2CCNC(=O)C1=O. The fourth-order valence-electron chi connectivity index (χ4n) is 3.62. The molecule has 0 saturated heterocycles. The van der Waals surface area contributed by atoms with Gasteiger partial charge in [0, 0.05) is 36.4 Å². The standard InChI is InChI=1S/C23H27N3O5S/c1-14(2)20(26-23(30)31-13-15-6-4-3-5-7-15)18(27)11-16-10-17-12-25-32-19(17)8-9-24-22(29)21(16)28/h3-7,12,14,16,20H,8-11,13H2,1-2H3,(H,24,29)(H,26,30). The van der Waals surface area contributed by atoms with Gasteiger partial charge in [-0.3, -0.25) is 14.4 Å². The number of aromatic nitrogens is 1. The highest BCUT2D eigenvalue weighted by Crippen LogP contribution is 2.23. The van der Waals surface area contributed by atoms with Crippen LogP contribution in [0.25, 0.3) is 0 Å². The summed E-state index contributed by atoms with van der Waals surface area (Å²) in [6.07, 6.45) is 1.71. The quantitative estimate of drug-likeness (QED) is 0.618. The number of Topliss-reactive ketones (excluding diaryl/α,β-unsaturated/α-hetero) is 2. The summed E-state index contributed by atoms with van der Waals surface area (Å²) in [5.41, 5.74) is 1.71. The second-order valence-electron chi connectivity index (χ2n) is 8.14. The number of ether oxygens (including phenoxy) is 1. The average Bonchev–Trinajstić information content (AvgIpc) is 3.22. The van der Waals surface area contributed by atoms with Crippen molar-refractivity contribution in [3.63, 3.8) is 0 Å². The zero-order valence-electron chi connectivity index (χ0n) is 18.1. The molecule has 170 valence electrons. The first-order chi connectivity index (χ1) is 15.3. The van der Waals surface area contributed by atoms with E-state index in [0.29, 0.717) is 13.0 Å². The second-order valence-corrected chi connectivity index (χ2v) is 9.03. The molecule has 2 aromatic rings. The lowest BCUT2D eigenvalue weighted by Crippen LogP contribution is -2.46. The van der Waals surface area contributed by atoms with E-state index in [1.165, 1.54) is 11.5 Å². The summed E-state index contributed by atoms with van der Waals surface area (Å²) in [6, 6.07) is 8.39. The zero-order valence-corrected chi connectivity index (χ0v) is 18.9. The van der Waals surface area contributed by atoms with Crippen LogP contribution < -0.4 is 10.6 Å². The van der Waals surface area contributed by atoms with Gasteiger partial charge in [0.05, 0.1) is 6.04 Å². The van der Waals surface area contributed by atoms with Crippen molar-refractivity contribution in [1.29, 1.82) is 0 Å². The van der Waals surface area contributed by atoms with Gasteiger partial charge in [-0.25, -0.2) is 9.17 Å². The smallest absolute Gasteiger partial charge is 0.408 e. The largest absolute Gasteiger partial charge is 0.445 e. The van der Waals surface area contributed by atoms with Gasteiger partial charge >= 0.3 is 6.09 Å². The van der Waals surface area contributed by atoms with Crippen LogP contribution >= 0.6 is 11.5 Å². The number of carbonyl (C=O) groups excluding carboxylic acids is 4. The molecule has 0 saturated carbocycles. The number of nitrogens with zero attached hydrogens (tertiary/aromatic N) is 1. The van der Waals surface area contributed by atoms with Crippen LogP contribution in [0.5, 0.6) is 0 Å². The van der Waals surface area contributed by atoms with E-state index in [9.17, 15) is 19.2 Å². The maximum absolute atomic E-state index is 13.1. The molecule has 0 bridgehead atoms. The second kappa shape index (κ2) is 11.0. The molecule has 2 N–H and O–H groups in total. The fraction of sp³-hybridized carbons (Fsp3) is 0.435. The first kappa shape index (κ1) is 23.6. The minimum Gasteiger partial charge on any atom is -0.445 e. The number of benzene rings is 1. The molecule has 9 heteroatoms. The van der Waals surface area contributed by atoms with Crippen LogP contribution in [-0.4, -0.2) is 40.5 Å². The van der Waals surface area contributed by atoms with E-state index < -0.39 is 29.7 Å². The van der Waals surface area contributed by atoms with Crippen molar-refractivity contribution < 1.29 is 23.9 Å². The molecule has 0 spiro atoms. The molecule has 0 aliphatic carbocycles. The van der Waals surface area contributed by atoms with Gasteiger partial charge in [-0.2, -0.15) is 0 Å². The predicted octanol–water partition coefficient (Wildman–Crippen LogP) is 2.45. The van der Waals surface area contributed by atoms with E-state index >= 15 is 0 Å². The van der Waals surface area contributed by atoms with Crippen molar-refractivity contribution in [2.45, 2.75) is 45.8 Å². The van der Waals surface area contributed by atoms with E-state index in [0.717, 1.165) is 16.0 Å². The van der Waals surface area contributed by atoms with Crippen LogP contribution in [0, 0.1) is 11.8 Å². The van der Waals surface area contributed by atoms with Gasteiger partial charge in [-0.15, -0.1) is 0 Å². The molecule has 2 unspecified atom stereocenters. The summed E-state index contributed by atoms with van der Waals surface area (Å²) in [6.45, 7) is 4.04. The van der Waals surface area contributed by atoms with Crippen LogP contribution in [-0.2, 0) is 38.6 Å². The van der Waals surface area contributed by atoms with Gasteiger partial charge in [0.25, 0.3) is 5.91 Å². The Morgan fingerprint density at radius 2 is 2.00 bits per heavy atom. The topological polar surface area (TPSA) is 114 Å². The van der Waals surface area contributed by atoms with Crippen molar-refractivity contribution in [2.24, 2.45) is 11.8 Å². The van der Waals surface area contributed by atoms with E-state index in [4.69, 9.17) is 4.74 Å². The molecular weight excluding hydrogens is 430 g/mol. The summed E-state index contributed by atoms with van der Waals surface area (Å²) in [5.74, 6) is -2.63. The Bertz CT molecular complexity index is 973. The van der Waals surface area contributed by atoms with Crippen molar-refractivity contribution in [2.75, 3.05) is 6.54 Å². The molecule has 1 aromatic carbocycles. The number of fused-ring (bicyclic) bond motifs is 1. The third kappa shape index (κ3) is 6.23. The molecule has 3 rings (SSSR count). The minimum absolute atomic E-state index is 0.0842. The van der Waals surface area contributed by atoms with Gasteiger partial charge in [0.1, 0.15) is 6.61 Å². The Hall–Kier alpha value is -3.07. The number of carbonyl (C=O) groups is 4. The third-order valence-electron chi connectivity index (χ3n) is 5.38. The van der Waals surface area contributed by atoms with Crippen LogP contribution in [0.3, 0.4) is 0 Å². The van der Waals surface area contributed by atoms with Gasteiger partial charge < -0.3 is 15.4 Å². The van der Waals surface area contributed by atoms with Gasteiger partial charge in [-0.1, -0.05) is 44.2 Å². The maximum atomic E-state index is 13.1. The fourth-order valence-corrected chi connectivity index (χ4v) is 4.38. The van der Waals surface area contributed by atoms with E-state index in [2.05, 4.69) is 15.0 Å². The number of alkyl carbamates (subject to hydrolysis) is 1. The van der Waals surface area contributed by atoms with Crippen LogP contribution in [0.4, 0.5) is 4.79 Å². The lowest BCUT2D eigenvalue weighted by Gasteiger charge is -2.23. The normalized spacial score (nSPS) is 17.4. The number of amides is 2. The van der Waals surface area contributed by atoms with Crippen LogP contribution in [0.15, 0.2) is 36.5 Å². The number of nitrogens with one attached hydrogen (secondary N) is 2. The molecule has 2 atom stereocenters. The molecular formula is C23H27N3O5S. The first-order valence-electron chi connectivity index (χ1n) is 10.6. The maximum Gasteiger partial charge on any atom is 0.408 e. The Morgan fingerprint density at radius 1 is 1.25 bits per heavy atom. The van der Waals surface area contributed by atoms with E-state index in [-0.39, 0.29) is 31.1 Å². The number of hydrogen-bond donors (Lipinski definition) is 2. The monoisotopic (exact) mass is 457 g/mol. The highest BCUT2D eigenvalue weighted by molar-refractivity contribution is 7.05. The molecule has 1 aromatic heterocycles. The Kier molecular flexibility index (Phi) is 8.10. The average molecular weight is 458 g/mol. The van der Waals surface area contributed by atoms with Gasteiger partial charge in [0.15, 0.2) is 5.78 Å². The van der Waals surface area contributed by atoms with Gasteiger partial charge in [-0.05, 0) is 35.0 Å². The molecule has 32 heavy (non-hydrogen) atoms. The van der Waals surface area contributed by atoms with E-state index in [1.807, 2.05) is 30.3 Å². The number of hydrogen-bond acceptors (Lipinski definition) is 7. The highest BCUT2D eigenvalue weighted by Gasteiger charge is 2.33. The number of ketones is 2. The van der Waals surface area contributed by atoms with Gasteiger partial charge in [0.2, 0.25) is 5.78 Å². The van der Waals surface area contributed by atoms with Crippen molar-refractivity contribution in [3.05, 3.63) is 52.5 Å². The summed E-state index contributed by atoms with van der Waals surface area (Å²) in [5, 5.41) is 5.24. The lowest BCUT2D eigenvalue weighted by atomic mass is 9.86. The molecule has 8 nitrogen and oxygen atoms in total. The molecule has 1 aliphatic rings. The van der Waals surface area contributed by atoms with Crippen molar-refractivity contribution >= 4 is 35.1 Å². The summed E-state index contributed by atoms with van der Waals surface area (Å²) >= 11 is 1.33. The molecule has 2 heterocycles. The van der Waals surface area contributed by atoms with Crippen LogP contribution in [0.2, 0.25) is 0 Å². The molecule has 0 radical (unpaired) electrons. The third-order valence-corrected chi connectivity index (χ3v) is 6.27. The number of rotatable bonds is 7. The summed E-state index contributed by atoms with van der Waals surface area (Å²) in [4.78, 5) is 51.3. The van der Waals surface area contributed by atoms with Crippen molar-refractivity contribution in [3.8, 4) is 0 Å². The Balaban J connectivity index is 1.66. The highest BCUT2D eigenvalue weighted by atomic mass is 32.1. The van der Waals surface area contributed by atoms with Crippen molar-refractivity contribution in [1.82, 2.24) is 15.0 Å². The Labute approximate surface area is 190 Å². The zero-order chi connectivity index (χ0) is 23.1. The Morgan fingerprint density at radius 3 is 2.72 bits per heavy atom. The summed E-state index contributed by atoms with van der Waals surface area (Å²) in [7, 11) is 0. The van der Waals surface area contributed by atoms with Crippen LogP contribution in [0.1, 0.15) is 36.3 Å². The molecule has 2 amide bonds. The molecule has 0 fully saturated rings. The first-order valence-corrected chi connectivity index (χ1v) is 11.4. The predicted molar refractivity (Wildman–Crippen MR) is 119 cm³/mol. The minimum atomic E-state index is -0.832. The summed E-state index contributed by atoms with van der Waals surface area (Å²) < 4.78 is 9.42. The van der Waals surface area contributed by atoms with E-state index in [1.54, 1.807) is 20.0 Å². The molecule has 1 aliphatic heterocycles. The lowest BCUT2D eigenvalue weighted by molar-refractivity contribution is -0.141.